The van der Waals surface area contributed by atoms with E-state index in [1.165, 1.54) is 0 Å². The van der Waals surface area contributed by atoms with Crippen LogP contribution in [0, 0.1) is 0 Å². The number of aromatic nitrogens is 2. The van der Waals surface area contributed by atoms with Crippen LogP contribution in [0.2, 0.25) is 0 Å². The van der Waals surface area contributed by atoms with Crippen molar-refractivity contribution in [1.82, 2.24) is 15.3 Å². The lowest BCUT2D eigenvalue weighted by molar-refractivity contribution is -0.00603. The smallest absolute Gasteiger partial charge is 0.290 e. The highest BCUT2D eigenvalue weighted by Crippen LogP contribution is 2.45. The molecule has 0 bridgehead atoms. The molecule has 1 aromatic carbocycles. The van der Waals surface area contributed by atoms with Crippen molar-refractivity contribution < 1.29 is 28.5 Å². The molecule has 164 valence electrons. The fraction of sp³-hybridized carbons (Fsp3) is 0.476. The number of aliphatic hydroxyl groups is 2. The number of hydrogen-bond donors (Lipinski definition) is 3. The number of nitrogens with zero attached hydrogens (tertiary/aromatic N) is 3. The van der Waals surface area contributed by atoms with Crippen LogP contribution >= 0.6 is 0 Å². The number of β-amino-alcohol motifs (C(OH)–C–C–N with tert-alkyl or cyclic N) is 1. The molecule has 8 nitrogen and oxygen atoms in total. The third-order valence-corrected chi connectivity index (χ3v) is 6.21. The molecule has 0 spiro atoms. The molecule has 0 saturated carbocycles. The average molecular weight is 432 g/mol. The minimum atomic E-state index is -3.06. The first-order valence-electron chi connectivity index (χ1n) is 10.2. The molecular weight excluding hydrogens is 410 g/mol. The Bertz CT molecular complexity index is 1060. The second-order valence-electron chi connectivity index (χ2n) is 8.21. The summed E-state index contributed by atoms with van der Waals surface area (Å²) in [5.41, 5.74) is 1.27. The van der Waals surface area contributed by atoms with Gasteiger partial charge < -0.3 is 25.2 Å². The molecular formula is C21H22F2N4O4. The minimum Gasteiger partial charge on any atom is -0.485 e. The van der Waals surface area contributed by atoms with Gasteiger partial charge in [0.25, 0.3) is 11.8 Å². The molecule has 1 fully saturated rings. The predicted molar refractivity (Wildman–Crippen MR) is 106 cm³/mol. The van der Waals surface area contributed by atoms with Gasteiger partial charge in [-0.1, -0.05) is 6.07 Å². The lowest BCUT2D eigenvalue weighted by Crippen LogP contribution is -2.59. The molecule has 1 amide bonds. The van der Waals surface area contributed by atoms with Crippen molar-refractivity contribution in [3.8, 4) is 17.0 Å². The van der Waals surface area contributed by atoms with Crippen molar-refractivity contribution in [2.45, 2.75) is 43.9 Å². The van der Waals surface area contributed by atoms with Crippen molar-refractivity contribution in [1.29, 1.82) is 0 Å². The SMILES string of the molecule is C[C@H]1[C@H](O)CN1c1nc(-c2ccc3c(c2)OC(CO)CNC3=O)c2c(n1)C(F)(F)CC2. The number of aliphatic hydroxyl groups excluding tert-OH is 2. The van der Waals surface area contributed by atoms with Gasteiger partial charge in [-0.15, -0.1) is 0 Å². The van der Waals surface area contributed by atoms with Crippen LogP contribution in [0.3, 0.4) is 0 Å². The van der Waals surface area contributed by atoms with Crippen molar-refractivity contribution in [2.24, 2.45) is 0 Å². The number of nitrogens with one attached hydrogen (secondary N) is 1. The molecule has 1 aromatic heterocycles. The molecule has 1 saturated heterocycles. The fourth-order valence-electron chi connectivity index (χ4n) is 4.21. The number of carbonyl (C=O) groups is 1. The second kappa shape index (κ2) is 7.10. The lowest BCUT2D eigenvalue weighted by atomic mass is 10.0. The van der Waals surface area contributed by atoms with Gasteiger partial charge in [0.1, 0.15) is 17.5 Å². The number of fused-ring (bicyclic) bond motifs is 2. The summed E-state index contributed by atoms with van der Waals surface area (Å²) in [4.78, 5) is 22.8. The summed E-state index contributed by atoms with van der Waals surface area (Å²) in [7, 11) is 0. The average Bonchev–Trinajstić information content (AvgIpc) is 2.97. The summed E-state index contributed by atoms with van der Waals surface area (Å²) in [6, 6.07) is 4.54. The normalized spacial score (nSPS) is 26.3. The quantitative estimate of drug-likeness (QED) is 0.670. The Kier molecular flexibility index (Phi) is 4.60. The maximum Gasteiger partial charge on any atom is 0.290 e. The number of rotatable bonds is 3. The van der Waals surface area contributed by atoms with Gasteiger partial charge in [-0.05, 0) is 25.5 Å². The zero-order valence-electron chi connectivity index (χ0n) is 16.8. The molecule has 31 heavy (non-hydrogen) atoms. The minimum absolute atomic E-state index is 0.133. The Morgan fingerprint density at radius 3 is 2.87 bits per heavy atom. The van der Waals surface area contributed by atoms with Crippen molar-refractivity contribution >= 4 is 11.9 Å². The molecule has 3 atom stereocenters. The van der Waals surface area contributed by atoms with E-state index in [0.29, 0.717) is 22.4 Å². The maximum absolute atomic E-state index is 14.6. The Balaban J connectivity index is 1.63. The topological polar surface area (TPSA) is 108 Å². The highest BCUT2D eigenvalue weighted by Gasteiger charge is 2.45. The molecule has 5 rings (SSSR count). The van der Waals surface area contributed by atoms with Gasteiger partial charge in [0, 0.05) is 24.1 Å². The fourth-order valence-corrected chi connectivity index (χ4v) is 4.21. The number of amides is 1. The van der Waals surface area contributed by atoms with Crippen LogP contribution in [0.4, 0.5) is 14.7 Å². The number of carbonyl (C=O) groups excluding carboxylic acids is 1. The number of hydrogen-bond acceptors (Lipinski definition) is 7. The van der Waals surface area contributed by atoms with Crippen LogP contribution in [0.1, 0.15) is 35.0 Å². The zero-order chi connectivity index (χ0) is 21.9. The standard InChI is InChI=1S/C21H22F2N4O4/c1-10-15(29)8-27(10)20-25-17(14-4-5-21(22,23)18(14)26-20)11-2-3-13-16(6-11)31-12(9-28)7-24-19(13)30/h2-3,6,10,12,15,28-29H,4-5,7-9H2,1H3,(H,24,30)/t10-,12?,15+/m0/s1. The van der Waals surface area contributed by atoms with E-state index in [9.17, 15) is 23.8 Å². The van der Waals surface area contributed by atoms with E-state index >= 15 is 0 Å². The van der Waals surface area contributed by atoms with E-state index in [1.54, 1.807) is 30.0 Å². The van der Waals surface area contributed by atoms with Crippen LogP contribution in [0.15, 0.2) is 18.2 Å². The lowest BCUT2D eigenvalue weighted by Gasteiger charge is -2.43. The Labute approximate surface area is 176 Å². The van der Waals surface area contributed by atoms with Crippen LogP contribution in [-0.4, -0.2) is 64.0 Å². The summed E-state index contributed by atoms with van der Waals surface area (Å²) >= 11 is 0. The summed E-state index contributed by atoms with van der Waals surface area (Å²) in [6.07, 6.45) is -1.38. The molecule has 1 aliphatic carbocycles. The predicted octanol–water partition coefficient (Wildman–Crippen LogP) is 1.23. The van der Waals surface area contributed by atoms with Gasteiger partial charge >= 0.3 is 0 Å². The van der Waals surface area contributed by atoms with Gasteiger partial charge in [-0.3, -0.25) is 4.79 Å². The third kappa shape index (κ3) is 3.21. The number of benzene rings is 1. The second-order valence-corrected chi connectivity index (χ2v) is 8.21. The van der Waals surface area contributed by atoms with E-state index < -0.39 is 18.1 Å². The molecule has 2 aromatic rings. The highest BCUT2D eigenvalue weighted by atomic mass is 19.3. The van der Waals surface area contributed by atoms with Crippen molar-refractivity contribution in [3.63, 3.8) is 0 Å². The van der Waals surface area contributed by atoms with Gasteiger partial charge in [-0.2, -0.15) is 8.78 Å². The van der Waals surface area contributed by atoms with Crippen LogP contribution in [0.25, 0.3) is 11.3 Å². The number of halogens is 2. The molecule has 2 aliphatic heterocycles. The molecule has 1 unspecified atom stereocenters. The Hall–Kier alpha value is -2.85. The van der Waals surface area contributed by atoms with E-state index in [0.717, 1.165) is 0 Å². The van der Waals surface area contributed by atoms with Crippen molar-refractivity contribution in [2.75, 3.05) is 24.6 Å². The highest BCUT2D eigenvalue weighted by molar-refractivity contribution is 5.98. The number of ether oxygens (including phenoxy) is 1. The van der Waals surface area contributed by atoms with Gasteiger partial charge in [0.15, 0.2) is 0 Å². The van der Waals surface area contributed by atoms with Crippen LogP contribution in [0.5, 0.6) is 5.75 Å². The monoisotopic (exact) mass is 432 g/mol. The van der Waals surface area contributed by atoms with E-state index in [2.05, 4.69) is 15.3 Å². The van der Waals surface area contributed by atoms with Gasteiger partial charge in [0.05, 0.1) is 36.6 Å². The number of anilines is 1. The molecule has 0 radical (unpaired) electrons. The Morgan fingerprint density at radius 2 is 2.16 bits per heavy atom. The summed E-state index contributed by atoms with van der Waals surface area (Å²) < 4.78 is 34.9. The Morgan fingerprint density at radius 1 is 1.35 bits per heavy atom. The van der Waals surface area contributed by atoms with Crippen LogP contribution < -0.4 is 15.0 Å². The van der Waals surface area contributed by atoms with Crippen molar-refractivity contribution in [3.05, 3.63) is 35.0 Å². The summed E-state index contributed by atoms with van der Waals surface area (Å²) in [5, 5.41) is 22.0. The first-order valence-corrected chi connectivity index (χ1v) is 10.2. The van der Waals surface area contributed by atoms with Crippen LogP contribution in [-0.2, 0) is 12.3 Å². The molecule has 3 heterocycles. The summed E-state index contributed by atoms with van der Waals surface area (Å²) in [6.45, 7) is 1.94. The number of alkyl halides is 2. The van der Waals surface area contributed by atoms with Gasteiger partial charge in [0.2, 0.25) is 5.95 Å². The molecule has 3 N–H and O–H groups in total. The zero-order valence-corrected chi connectivity index (χ0v) is 16.8. The molecule has 10 heteroatoms. The van der Waals surface area contributed by atoms with Gasteiger partial charge in [-0.25, -0.2) is 9.97 Å². The largest absolute Gasteiger partial charge is 0.485 e. The van der Waals surface area contributed by atoms with E-state index in [-0.39, 0.29) is 61.9 Å². The van der Waals surface area contributed by atoms with E-state index in [4.69, 9.17) is 4.74 Å². The first kappa shape index (κ1) is 20.1. The maximum atomic E-state index is 14.6. The van der Waals surface area contributed by atoms with E-state index in [1.807, 2.05) is 0 Å². The third-order valence-electron chi connectivity index (χ3n) is 6.21. The molecule has 3 aliphatic rings. The first-order chi connectivity index (χ1) is 14.8. The summed E-state index contributed by atoms with van der Waals surface area (Å²) in [5.74, 6) is -2.98.